The Bertz CT molecular complexity index is 1430. The van der Waals surface area contributed by atoms with Crippen LogP contribution in [0.25, 0.3) is 21.3 Å². The molecule has 0 spiro atoms. The third-order valence-corrected chi connectivity index (χ3v) is 7.24. The molecule has 174 valence electrons. The van der Waals surface area contributed by atoms with Crippen LogP contribution in [0, 0.1) is 6.92 Å². The van der Waals surface area contributed by atoms with Gasteiger partial charge in [-0.2, -0.15) is 0 Å². The molecule has 3 heterocycles. The number of esters is 1. The van der Waals surface area contributed by atoms with Gasteiger partial charge in [0.2, 0.25) is 0 Å². The monoisotopic (exact) mass is 494 g/mol. The highest BCUT2D eigenvalue weighted by atomic mass is 32.2. The molecule has 4 aromatic rings. The van der Waals surface area contributed by atoms with Gasteiger partial charge in [0.1, 0.15) is 10.6 Å². The molecular weight excluding hydrogens is 472 g/mol. The first kappa shape index (κ1) is 22.6. The molecule has 7 nitrogen and oxygen atoms in total. The minimum absolute atomic E-state index is 0.154. The van der Waals surface area contributed by atoms with Gasteiger partial charge < -0.3 is 19.2 Å². The van der Waals surface area contributed by atoms with Crippen LogP contribution in [0.2, 0.25) is 0 Å². The fraction of sp³-hybridized carbons (Fsp3) is 0.240. The van der Waals surface area contributed by atoms with E-state index in [1.165, 1.54) is 28.7 Å². The smallest absolute Gasteiger partial charge is 0.338 e. The van der Waals surface area contributed by atoms with Gasteiger partial charge in [0.25, 0.3) is 5.56 Å². The number of aromatic nitrogens is 2. The fourth-order valence-electron chi connectivity index (χ4n) is 3.83. The van der Waals surface area contributed by atoms with Crippen LogP contribution in [0.1, 0.15) is 34.0 Å². The second kappa shape index (κ2) is 9.61. The van der Waals surface area contributed by atoms with E-state index in [2.05, 4.69) is 9.97 Å². The van der Waals surface area contributed by atoms with Crippen LogP contribution in [-0.2, 0) is 21.8 Å². The Hall–Kier alpha value is -3.14. The summed E-state index contributed by atoms with van der Waals surface area (Å²) >= 11 is 2.83. The van der Waals surface area contributed by atoms with Crippen LogP contribution >= 0.6 is 23.1 Å². The molecule has 0 bridgehead atoms. The zero-order valence-corrected chi connectivity index (χ0v) is 20.3. The van der Waals surface area contributed by atoms with E-state index >= 15 is 0 Å². The van der Waals surface area contributed by atoms with Crippen LogP contribution in [0.5, 0.6) is 5.75 Å². The number of aromatic amines is 1. The summed E-state index contributed by atoms with van der Waals surface area (Å²) in [6.45, 7) is 4.61. The van der Waals surface area contributed by atoms with Crippen LogP contribution in [0.15, 0.2) is 51.7 Å². The van der Waals surface area contributed by atoms with Gasteiger partial charge in [0.05, 0.1) is 24.2 Å². The van der Waals surface area contributed by atoms with Gasteiger partial charge >= 0.3 is 5.97 Å². The number of hydrogen-bond donors (Lipinski definition) is 1. The Morgan fingerprint density at radius 2 is 2.09 bits per heavy atom. The van der Waals surface area contributed by atoms with E-state index < -0.39 is 5.97 Å². The van der Waals surface area contributed by atoms with Crippen molar-refractivity contribution < 1.29 is 19.0 Å². The van der Waals surface area contributed by atoms with Crippen LogP contribution in [-0.4, -0.2) is 29.3 Å². The van der Waals surface area contributed by atoms with Gasteiger partial charge in [-0.1, -0.05) is 41.6 Å². The summed E-state index contributed by atoms with van der Waals surface area (Å²) in [5.74, 6) is 0.769. The number of nitrogens with one attached hydrogen (secondary N) is 1. The molecule has 0 radical (unpaired) electrons. The minimum atomic E-state index is -0.391. The van der Waals surface area contributed by atoms with E-state index in [1.807, 2.05) is 36.6 Å². The molecule has 0 amide bonds. The van der Waals surface area contributed by atoms with Gasteiger partial charge in [-0.15, -0.1) is 11.3 Å². The van der Waals surface area contributed by atoms with Crippen molar-refractivity contribution >= 4 is 39.3 Å². The van der Waals surface area contributed by atoms with Crippen molar-refractivity contribution in [2.24, 2.45) is 0 Å². The maximum absolute atomic E-state index is 13.0. The summed E-state index contributed by atoms with van der Waals surface area (Å²) in [6, 6.07) is 11.6. The van der Waals surface area contributed by atoms with Crippen molar-refractivity contribution in [1.29, 1.82) is 0 Å². The SMILES string of the molecule is CCOC(=O)c1cc2c(c(CSc3nc4scc(-c5ccc(C)cc5)c4c(=O)[nH]3)c1)OCOC2. The molecule has 0 atom stereocenters. The van der Waals surface area contributed by atoms with Gasteiger partial charge in [0.15, 0.2) is 11.9 Å². The number of benzene rings is 2. The molecule has 0 saturated carbocycles. The van der Waals surface area contributed by atoms with Gasteiger partial charge in [0, 0.05) is 27.8 Å². The molecule has 0 saturated heterocycles. The highest BCUT2D eigenvalue weighted by Crippen LogP contribution is 2.35. The summed E-state index contributed by atoms with van der Waals surface area (Å²) in [5, 5.41) is 3.08. The Kier molecular flexibility index (Phi) is 6.40. The maximum Gasteiger partial charge on any atom is 0.338 e. The first-order valence-electron chi connectivity index (χ1n) is 10.8. The highest BCUT2D eigenvalue weighted by Gasteiger charge is 2.21. The van der Waals surface area contributed by atoms with Crippen molar-refractivity contribution in [3.8, 4) is 16.9 Å². The van der Waals surface area contributed by atoms with E-state index in [1.54, 1.807) is 19.1 Å². The summed E-state index contributed by atoms with van der Waals surface area (Å²) in [4.78, 5) is 33.6. The number of nitrogens with zero attached hydrogens (tertiary/aromatic N) is 1. The Morgan fingerprint density at radius 3 is 2.88 bits per heavy atom. The van der Waals surface area contributed by atoms with Crippen LogP contribution in [0.4, 0.5) is 0 Å². The minimum Gasteiger partial charge on any atom is -0.467 e. The molecular formula is C25H22N2O5S2. The predicted molar refractivity (Wildman–Crippen MR) is 133 cm³/mol. The van der Waals surface area contributed by atoms with Crippen molar-refractivity contribution in [2.45, 2.75) is 31.4 Å². The standard InChI is InChI=1S/C25H22N2O5S2/c1-3-31-24(29)16-8-17-10-30-13-32-21(17)18(9-16)11-34-25-26-22(28)20-19(12-33-23(20)27-25)15-6-4-14(2)5-7-15/h4-9,12H,3,10-11,13H2,1-2H3,(H,26,27,28). The number of aryl methyl sites for hydroxylation is 1. The third kappa shape index (κ3) is 4.46. The molecule has 1 aliphatic rings. The Balaban J connectivity index is 1.44. The number of carbonyl (C=O) groups excluding carboxylic acids is 1. The number of fused-ring (bicyclic) bond motifs is 2. The van der Waals surface area contributed by atoms with Gasteiger partial charge in [-0.3, -0.25) is 4.79 Å². The first-order valence-corrected chi connectivity index (χ1v) is 12.6. The summed E-state index contributed by atoms with van der Waals surface area (Å²) in [6.07, 6.45) is 0. The number of hydrogen-bond acceptors (Lipinski definition) is 8. The zero-order chi connectivity index (χ0) is 23.7. The van der Waals surface area contributed by atoms with E-state index in [4.69, 9.17) is 14.2 Å². The quantitative estimate of drug-likeness (QED) is 0.221. The number of H-pyrrole nitrogens is 1. The Morgan fingerprint density at radius 1 is 1.26 bits per heavy atom. The molecule has 2 aromatic carbocycles. The maximum atomic E-state index is 13.0. The summed E-state index contributed by atoms with van der Waals surface area (Å²) in [5.41, 5.74) is 4.94. The lowest BCUT2D eigenvalue weighted by Gasteiger charge is -2.21. The molecule has 0 unspecified atom stereocenters. The van der Waals surface area contributed by atoms with Crippen molar-refractivity contribution in [1.82, 2.24) is 9.97 Å². The lowest BCUT2D eigenvalue weighted by Crippen LogP contribution is -2.15. The topological polar surface area (TPSA) is 90.5 Å². The molecule has 1 N–H and O–H groups in total. The Labute approximate surface area is 204 Å². The van der Waals surface area contributed by atoms with E-state index in [9.17, 15) is 9.59 Å². The van der Waals surface area contributed by atoms with Crippen LogP contribution in [0.3, 0.4) is 0 Å². The second-order valence-electron chi connectivity index (χ2n) is 7.81. The number of rotatable bonds is 6. The molecule has 1 aliphatic heterocycles. The first-order chi connectivity index (χ1) is 16.5. The molecule has 0 fully saturated rings. The van der Waals surface area contributed by atoms with Crippen molar-refractivity contribution in [3.63, 3.8) is 0 Å². The highest BCUT2D eigenvalue weighted by molar-refractivity contribution is 7.98. The van der Waals surface area contributed by atoms with Crippen LogP contribution < -0.4 is 10.3 Å². The number of ether oxygens (including phenoxy) is 3. The number of thioether (sulfide) groups is 1. The molecule has 9 heteroatoms. The molecule has 2 aromatic heterocycles. The van der Waals surface area contributed by atoms with Crippen molar-refractivity contribution in [3.05, 3.63) is 74.4 Å². The zero-order valence-electron chi connectivity index (χ0n) is 18.7. The second-order valence-corrected chi connectivity index (χ2v) is 9.63. The van der Waals surface area contributed by atoms with E-state index in [0.717, 1.165) is 22.3 Å². The predicted octanol–water partition coefficient (Wildman–Crippen LogP) is 5.30. The summed E-state index contributed by atoms with van der Waals surface area (Å²) in [7, 11) is 0. The molecule has 34 heavy (non-hydrogen) atoms. The summed E-state index contributed by atoms with van der Waals surface area (Å²) < 4.78 is 16.3. The lowest BCUT2D eigenvalue weighted by molar-refractivity contribution is -0.0169. The largest absolute Gasteiger partial charge is 0.467 e. The van der Waals surface area contributed by atoms with E-state index in [0.29, 0.717) is 45.7 Å². The number of thiophene rings is 1. The average molecular weight is 495 g/mol. The van der Waals surface area contributed by atoms with Crippen molar-refractivity contribution in [2.75, 3.05) is 13.4 Å². The normalized spacial score (nSPS) is 12.9. The average Bonchev–Trinajstić information content (AvgIpc) is 3.27. The lowest BCUT2D eigenvalue weighted by atomic mass is 10.0. The number of carbonyl (C=O) groups is 1. The van der Waals surface area contributed by atoms with Gasteiger partial charge in [-0.25, -0.2) is 9.78 Å². The third-order valence-electron chi connectivity index (χ3n) is 5.45. The fourth-order valence-corrected chi connectivity index (χ4v) is 5.66. The molecule has 5 rings (SSSR count). The van der Waals surface area contributed by atoms with Gasteiger partial charge in [-0.05, 0) is 31.5 Å². The molecule has 0 aliphatic carbocycles. The van der Waals surface area contributed by atoms with E-state index in [-0.39, 0.29) is 12.4 Å².